The Kier molecular flexibility index (Phi) is 6.08. The fourth-order valence-corrected chi connectivity index (χ4v) is 4.73. The van der Waals surface area contributed by atoms with Gasteiger partial charge in [0.2, 0.25) is 5.91 Å². The van der Waals surface area contributed by atoms with E-state index in [-0.39, 0.29) is 17.2 Å². The van der Waals surface area contributed by atoms with Crippen molar-refractivity contribution in [2.75, 3.05) is 26.2 Å². The van der Waals surface area contributed by atoms with Crippen molar-refractivity contribution in [1.29, 1.82) is 0 Å². The summed E-state index contributed by atoms with van der Waals surface area (Å²) in [6.07, 6.45) is 9.68. The van der Waals surface area contributed by atoms with Crippen molar-refractivity contribution in [2.45, 2.75) is 38.2 Å². The molecule has 2 saturated heterocycles. The molecule has 158 valence electrons. The lowest BCUT2D eigenvalue weighted by atomic mass is 9.71. The number of likely N-dealkylation sites (tertiary alicyclic amines) is 2. The standard InChI is InChI=1S/C23H28N4O3/c28-20-14-23(17-27(16-20)22(30)19-2-1-9-25-15-19)7-12-26(13-8-23)21(29)4-3-18-5-10-24-11-6-18/h1-2,5-6,9-11,15,20,28H,3-4,7-8,12-14,16-17H2. The molecule has 2 aliphatic rings. The van der Waals surface area contributed by atoms with Gasteiger partial charge in [0.15, 0.2) is 0 Å². The lowest BCUT2D eigenvalue weighted by molar-refractivity contribution is -0.134. The highest BCUT2D eigenvalue weighted by Crippen LogP contribution is 2.40. The summed E-state index contributed by atoms with van der Waals surface area (Å²) in [5.74, 6) is 0.0818. The molecule has 1 unspecified atom stereocenters. The molecular weight excluding hydrogens is 380 g/mol. The minimum absolute atomic E-state index is 0.0860. The average Bonchev–Trinajstić information content (AvgIpc) is 2.78. The Hall–Kier alpha value is -2.80. The van der Waals surface area contributed by atoms with Crippen molar-refractivity contribution in [1.82, 2.24) is 19.8 Å². The zero-order chi connectivity index (χ0) is 21.0. The van der Waals surface area contributed by atoms with E-state index in [1.807, 2.05) is 17.0 Å². The number of rotatable bonds is 4. The highest BCUT2D eigenvalue weighted by molar-refractivity contribution is 5.94. The number of nitrogens with zero attached hydrogens (tertiary/aromatic N) is 4. The Morgan fingerprint density at radius 1 is 1.07 bits per heavy atom. The number of carbonyl (C=O) groups is 2. The summed E-state index contributed by atoms with van der Waals surface area (Å²) in [5.41, 5.74) is 1.54. The third kappa shape index (κ3) is 4.67. The van der Waals surface area contributed by atoms with Crippen LogP contribution >= 0.6 is 0 Å². The molecule has 0 aliphatic carbocycles. The third-order valence-electron chi connectivity index (χ3n) is 6.38. The number of aliphatic hydroxyl groups excluding tert-OH is 1. The molecule has 30 heavy (non-hydrogen) atoms. The predicted octanol–water partition coefficient (Wildman–Crippen LogP) is 1.93. The minimum Gasteiger partial charge on any atom is -0.391 e. The molecule has 4 rings (SSSR count). The number of aromatic nitrogens is 2. The van der Waals surface area contributed by atoms with Gasteiger partial charge in [0.25, 0.3) is 5.91 Å². The fraction of sp³-hybridized carbons (Fsp3) is 0.478. The van der Waals surface area contributed by atoms with Crippen molar-refractivity contribution in [3.05, 3.63) is 60.2 Å². The molecule has 2 aromatic heterocycles. The Balaban J connectivity index is 1.34. The molecule has 1 N–H and O–H groups in total. The molecule has 1 atom stereocenters. The maximum atomic E-state index is 12.9. The van der Waals surface area contributed by atoms with Crippen molar-refractivity contribution in [3.8, 4) is 0 Å². The maximum absolute atomic E-state index is 12.9. The normalized spacial score (nSPS) is 20.9. The van der Waals surface area contributed by atoms with E-state index >= 15 is 0 Å². The van der Waals surface area contributed by atoms with Crippen LogP contribution in [0.2, 0.25) is 0 Å². The van der Waals surface area contributed by atoms with Crippen LogP contribution in [0.25, 0.3) is 0 Å². The predicted molar refractivity (Wildman–Crippen MR) is 112 cm³/mol. The van der Waals surface area contributed by atoms with Crippen LogP contribution in [0.3, 0.4) is 0 Å². The van der Waals surface area contributed by atoms with Crippen LogP contribution in [0.1, 0.15) is 41.6 Å². The third-order valence-corrected chi connectivity index (χ3v) is 6.38. The summed E-state index contributed by atoms with van der Waals surface area (Å²) in [7, 11) is 0. The minimum atomic E-state index is -0.534. The molecule has 0 radical (unpaired) electrons. The van der Waals surface area contributed by atoms with E-state index < -0.39 is 6.10 Å². The number of carbonyl (C=O) groups excluding carboxylic acids is 2. The second-order valence-electron chi connectivity index (χ2n) is 8.52. The maximum Gasteiger partial charge on any atom is 0.255 e. The fourth-order valence-electron chi connectivity index (χ4n) is 4.73. The molecule has 7 heteroatoms. The highest BCUT2D eigenvalue weighted by atomic mass is 16.3. The molecule has 2 amide bonds. The van der Waals surface area contributed by atoms with E-state index in [0.29, 0.717) is 44.6 Å². The van der Waals surface area contributed by atoms with Gasteiger partial charge in [-0.05, 0) is 60.9 Å². The zero-order valence-corrected chi connectivity index (χ0v) is 17.1. The number of hydrogen-bond donors (Lipinski definition) is 1. The number of amides is 2. The first kappa shape index (κ1) is 20.5. The smallest absolute Gasteiger partial charge is 0.255 e. The van der Waals surface area contributed by atoms with E-state index in [2.05, 4.69) is 9.97 Å². The molecule has 1 spiro atoms. The molecule has 4 heterocycles. The molecule has 2 aromatic rings. The first-order valence-corrected chi connectivity index (χ1v) is 10.6. The van der Waals surface area contributed by atoms with Gasteiger partial charge < -0.3 is 14.9 Å². The lowest BCUT2D eigenvalue weighted by Crippen LogP contribution is -2.55. The van der Waals surface area contributed by atoms with Gasteiger partial charge in [0, 0.05) is 57.4 Å². The van der Waals surface area contributed by atoms with Crippen molar-refractivity contribution in [2.24, 2.45) is 5.41 Å². The Labute approximate surface area is 176 Å². The largest absolute Gasteiger partial charge is 0.391 e. The molecule has 2 fully saturated rings. The van der Waals surface area contributed by atoms with E-state index in [9.17, 15) is 14.7 Å². The van der Waals surface area contributed by atoms with Gasteiger partial charge in [-0.1, -0.05) is 0 Å². The quantitative estimate of drug-likeness (QED) is 0.835. The summed E-state index contributed by atoms with van der Waals surface area (Å²) in [6.45, 7) is 2.33. The molecular formula is C23H28N4O3. The van der Waals surface area contributed by atoms with Gasteiger partial charge in [-0.25, -0.2) is 0 Å². The van der Waals surface area contributed by atoms with E-state index in [4.69, 9.17) is 0 Å². The number of pyridine rings is 2. The second-order valence-corrected chi connectivity index (χ2v) is 8.52. The lowest BCUT2D eigenvalue weighted by Gasteiger charge is -2.49. The van der Waals surface area contributed by atoms with E-state index in [1.165, 1.54) is 0 Å². The van der Waals surface area contributed by atoms with Crippen molar-refractivity contribution < 1.29 is 14.7 Å². The number of aliphatic hydroxyl groups is 1. The van der Waals surface area contributed by atoms with Crippen LogP contribution in [0.5, 0.6) is 0 Å². The van der Waals surface area contributed by atoms with Crippen LogP contribution in [-0.4, -0.2) is 69.0 Å². The highest BCUT2D eigenvalue weighted by Gasteiger charge is 2.43. The van der Waals surface area contributed by atoms with Gasteiger partial charge in [0.1, 0.15) is 0 Å². The van der Waals surface area contributed by atoms with Crippen molar-refractivity contribution in [3.63, 3.8) is 0 Å². The monoisotopic (exact) mass is 408 g/mol. The van der Waals surface area contributed by atoms with Crippen LogP contribution in [-0.2, 0) is 11.2 Å². The van der Waals surface area contributed by atoms with Gasteiger partial charge in [-0.15, -0.1) is 0 Å². The zero-order valence-electron chi connectivity index (χ0n) is 17.1. The van der Waals surface area contributed by atoms with E-state index in [1.54, 1.807) is 41.8 Å². The van der Waals surface area contributed by atoms with Gasteiger partial charge in [-0.2, -0.15) is 0 Å². The van der Waals surface area contributed by atoms with Gasteiger partial charge in [0.05, 0.1) is 11.7 Å². The number of β-amino-alcohol motifs (C(OH)–C–C–N with tert-alkyl or cyclic N) is 1. The topological polar surface area (TPSA) is 86.6 Å². The molecule has 0 saturated carbocycles. The second kappa shape index (κ2) is 8.92. The summed E-state index contributed by atoms with van der Waals surface area (Å²) < 4.78 is 0. The van der Waals surface area contributed by atoms with Gasteiger partial charge >= 0.3 is 0 Å². The Morgan fingerprint density at radius 3 is 2.53 bits per heavy atom. The molecule has 7 nitrogen and oxygen atoms in total. The summed E-state index contributed by atoms with van der Waals surface area (Å²) in [6, 6.07) is 7.39. The average molecular weight is 409 g/mol. The number of piperidine rings is 2. The van der Waals surface area contributed by atoms with Crippen molar-refractivity contribution >= 4 is 11.8 Å². The van der Waals surface area contributed by atoms with Gasteiger partial charge in [-0.3, -0.25) is 19.6 Å². The summed E-state index contributed by atoms with van der Waals surface area (Å²) in [4.78, 5) is 37.3. The van der Waals surface area contributed by atoms with Crippen LogP contribution in [0.15, 0.2) is 49.1 Å². The molecule has 2 aliphatic heterocycles. The first-order chi connectivity index (χ1) is 14.5. The SMILES string of the molecule is O=C(CCc1ccncc1)N1CCC2(CC1)CC(O)CN(C(=O)c1cccnc1)C2. The molecule has 0 bridgehead atoms. The van der Waals surface area contributed by atoms with E-state index in [0.717, 1.165) is 24.8 Å². The summed E-state index contributed by atoms with van der Waals surface area (Å²) in [5, 5.41) is 10.5. The van der Waals surface area contributed by atoms with Crippen LogP contribution in [0.4, 0.5) is 0 Å². The Morgan fingerprint density at radius 2 is 1.83 bits per heavy atom. The Bertz CT molecular complexity index is 867. The molecule has 0 aromatic carbocycles. The van der Waals surface area contributed by atoms with Crippen LogP contribution < -0.4 is 0 Å². The number of aryl methyl sites for hydroxylation is 1. The summed E-state index contributed by atoms with van der Waals surface area (Å²) >= 11 is 0. The number of hydrogen-bond acceptors (Lipinski definition) is 5. The van der Waals surface area contributed by atoms with Crippen LogP contribution in [0, 0.1) is 5.41 Å². The first-order valence-electron chi connectivity index (χ1n) is 10.6.